The maximum absolute atomic E-state index is 12.9. The second-order valence-corrected chi connectivity index (χ2v) is 6.61. The molecule has 7 heteroatoms. The summed E-state index contributed by atoms with van der Waals surface area (Å²) >= 11 is 0. The van der Waals surface area contributed by atoms with Crippen LogP contribution in [0.25, 0.3) is 0 Å². The lowest BCUT2D eigenvalue weighted by molar-refractivity contribution is -0.143. The van der Waals surface area contributed by atoms with Crippen molar-refractivity contribution in [2.45, 2.75) is 18.6 Å². The number of halogens is 3. The average Bonchev–Trinajstić information content (AvgIpc) is 2.66. The normalized spacial score (nSPS) is 16.9. The van der Waals surface area contributed by atoms with Gasteiger partial charge >= 0.3 is 12.1 Å². The third-order valence-corrected chi connectivity index (χ3v) is 4.84. The zero-order chi connectivity index (χ0) is 19.4. The number of rotatable bonds is 5. The number of hydrogen-bond donors (Lipinski definition) is 1. The van der Waals surface area contributed by atoms with Gasteiger partial charge < -0.3 is 10.0 Å². The van der Waals surface area contributed by atoms with Gasteiger partial charge in [-0.3, -0.25) is 9.69 Å². The first-order valence-corrected chi connectivity index (χ1v) is 8.77. The van der Waals surface area contributed by atoms with Gasteiger partial charge in [-0.2, -0.15) is 13.2 Å². The highest BCUT2D eigenvalue weighted by Gasteiger charge is 2.32. The van der Waals surface area contributed by atoms with E-state index in [1.54, 1.807) is 6.07 Å². The fraction of sp³-hybridized carbons (Fsp3) is 0.350. The standard InChI is InChI=1S/C20H21F3N2O2/c21-20(22,23)16-6-4-5-15(13-16)14-18(19(26)27)25-11-9-24(10-12-25)17-7-2-1-3-8-17/h1-8,13,18H,9-12,14H2,(H,26,27). The van der Waals surface area contributed by atoms with E-state index in [-0.39, 0.29) is 6.42 Å². The molecule has 1 aliphatic heterocycles. The molecule has 144 valence electrons. The van der Waals surface area contributed by atoms with Crippen LogP contribution in [0.5, 0.6) is 0 Å². The Balaban J connectivity index is 1.68. The molecule has 1 atom stereocenters. The minimum Gasteiger partial charge on any atom is -0.480 e. The summed E-state index contributed by atoms with van der Waals surface area (Å²) in [7, 11) is 0. The minimum absolute atomic E-state index is 0.0462. The number of nitrogens with zero attached hydrogens (tertiary/aromatic N) is 2. The first-order chi connectivity index (χ1) is 12.8. The van der Waals surface area contributed by atoms with Crippen molar-refractivity contribution < 1.29 is 23.1 Å². The number of hydrogen-bond acceptors (Lipinski definition) is 3. The molecule has 1 saturated heterocycles. The van der Waals surface area contributed by atoms with Gasteiger partial charge in [0.2, 0.25) is 0 Å². The molecule has 2 aromatic carbocycles. The van der Waals surface area contributed by atoms with Crippen molar-refractivity contribution in [2.24, 2.45) is 0 Å². The van der Waals surface area contributed by atoms with Gasteiger partial charge in [0.1, 0.15) is 6.04 Å². The Morgan fingerprint density at radius 3 is 2.26 bits per heavy atom. The Morgan fingerprint density at radius 2 is 1.67 bits per heavy atom. The van der Waals surface area contributed by atoms with Crippen molar-refractivity contribution in [1.82, 2.24) is 4.90 Å². The predicted molar refractivity (Wildman–Crippen MR) is 96.8 cm³/mol. The lowest BCUT2D eigenvalue weighted by atomic mass is 10.0. The van der Waals surface area contributed by atoms with E-state index >= 15 is 0 Å². The summed E-state index contributed by atoms with van der Waals surface area (Å²) in [6, 6.07) is 13.9. The topological polar surface area (TPSA) is 43.8 Å². The van der Waals surface area contributed by atoms with Gasteiger partial charge in [-0.15, -0.1) is 0 Å². The van der Waals surface area contributed by atoms with Crippen LogP contribution in [-0.4, -0.2) is 48.2 Å². The van der Waals surface area contributed by atoms with E-state index in [4.69, 9.17) is 0 Å². The summed E-state index contributed by atoms with van der Waals surface area (Å²) in [5.41, 5.74) is 0.711. The van der Waals surface area contributed by atoms with E-state index in [1.165, 1.54) is 6.07 Å². The molecule has 1 fully saturated rings. The van der Waals surface area contributed by atoms with E-state index in [2.05, 4.69) is 4.90 Å². The third-order valence-electron chi connectivity index (χ3n) is 4.84. The van der Waals surface area contributed by atoms with E-state index in [9.17, 15) is 23.1 Å². The molecule has 1 unspecified atom stereocenters. The van der Waals surface area contributed by atoms with Gasteiger partial charge in [-0.25, -0.2) is 0 Å². The van der Waals surface area contributed by atoms with Crippen LogP contribution in [0, 0.1) is 0 Å². The number of alkyl halides is 3. The van der Waals surface area contributed by atoms with Gasteiger partial charge in [-0.05, 0) is 30.2 Å². The molecule has 4 nitrogen and oxygen atoms in total. The van der Waals surface area contributed by atoms with E-state index in [0.717, 1.165) is 17.8 Å². The molecule has 0 aromatic heterocycles. The van der Waals surface area contributed by atoms with Crippen molar-refractivity contribution in [1.29, 1.82) is 0 Å². The Labute approximate surface area is 155 Å². The predicted octanol–water partition coefficient (Wildman–Crippen LogP) is 3.52. The molecule has 0 spiro atoms. The largest absolute Gasteiger partial charge is 0.480 e. The Morgan fingerprint density at radius 1 is 1.00 bits per heavy atom. The summed E-state index contributed by atoms with van der Waals surface area (Å²) in [5, 5.41) is 9.62. The average molecular weight is 378 g/mol. The van der Waals surface area contributed by atoms with E-state index in [0.29, 0.717) is 31.7 Å². The Kier molecular flexibility index (Phi) is 5.70. The number of benzene rings is 2. The number of aliphatic carboxylic acids is 1. The van der Waals surface area contributed by atoms with Crippen molar-refractivity contribution in [3.05, 3.63) is 65.7 Å². The van der Waals surface area contributed by atoms with Crippen molar-refractivity contribution in [3.63, 3.8) is 0 Å². The number of piperazine rings is 1. The molecular weight excluding hydrogens is 357 g/mol. The number of carboxylic acid groups (broad SMARTS) is 1. The molecule has 1 heterocycles. The molecule has 0 bridgehead atoms. The molecular formula is C20H21F3N2O2. The molecule has 1 aliphatic rings. The number of para-hydroxylation sites is 1. The highest BCUT2D eigenvalue weighted by Crippen LogP contribution is 2.30. The van der Waals surface area contributed by atoms with E-state index < -0.39 is 23.8 Å². The SMILES string of the molecule is O=C(O)C(Cc1cccc(C(F)(F)F)c1)N1CCN(c2ccccc2)CC1. The van der Waals surface area contributed by atoms with Gasteiger partial charge in [0.25, 0.3) is 0 Å². The fourth-order valence-electron chi connectivity index (χ4n) is 3.40. The Bertz CT molecular complexity index is 772. The molecule has 0 saturated carbocycles. The molecule has 1 N–H and O–H groups in total. The number of carbonyl (C=O) groups is 1. The first kappa shape index (κ1) is 19.2. The van der Waals surface area contributed by atoms with Crippen LogP contribution in [0.2, 0.25) is 0 Å². The number of carboxylic acids is 1. The summed E-state index contributed by atoms with van der Waals surface area (Å²) in [4.78, 5) is 15.8. The highest BCUT2D eigenvalue weighted by molar-refractivity contribution is 5.74. The van der Waals surface area contributed by atoms with Gasteiger partial charge in [0, 0.05) is 31.9 Å². The number of anilines is 1. The van der Waals surface area contributed by atoms with Crippen molar-refractivity contribution >= 4 is 11.7 Å². The molecule has 0 amide bonds. The van der Waals surface area contributed by atoms with Crippen LogP contribution < -0.4 is 4.90 Å². The molecule has 3 rings (SSSR count). The zero-order valence-electron chi connectivity index (χ0n) is 14.7. The van der Waals surface area contributed by atoms with E-state index in [1.807, 2.05) is 35.2 Å². The summed E-state index contributed by atoms with van der Waals surface area (Å²) in [6.45, 7) is 2.45. The van der Waals surface area contributed by atoms with Crippen molar-refractivity contribution in [2.75, 3.05) is 31.1 Å². The van der Waals surface area contributed by atoms with Crippen LogP contribution in [0.15, 0.2) is 54.6 Å². The summed E-state index contributed by atoms with van der Waals surface area (Å²) < 4.78 is 38.7. The van der Waals surface area contributed by atoms with Crippen LogP contribution in [0.1, 0.15) is 11.1 Å². The third kappa shape index (κ3) is 4.80. The lowest BCUT2D eigenvalue weighted by Gasteiger charge is -2.38. The maximum atomic E-state index is 12.9. The zero-order valence-corrected chi connectivity index (χ0v) is 14.7. The van der Waals surface area contributed by atoms with Gasteiger partial charge in [0.15, 0.2) is 0 Å². The summed E-state index contributed by atoms with van der Waals surface area (Å²) in [6.07, 6.45) is -4.39. The maximum Gasteiger partial charge on any atom is 0.416 e. The van der Waals surface area contributed by atoms with Gasteiger partial charge in [-0.1, -0.05) is 36.4 Å². The molecule has 0 radical (unpaired) electrons. The van der Waals surface area contributed by atoms with Crippen LogP contribution in [0.4, 0.5) is 18.9 Å². The van der Waals surface area contributed by atoms with Crippen LogP contribution in [-0.2, 0) is 17.4 Å². The second-order valence-electron chi connectivity index (χ2n) is 6.61. The van der Waals surface area contributed by atoms with Crippen molar-refractivity contribution in [3.8, 4) is 0 Å². The fourth-order valence-corrected chi connectivity index (χ4v) is 3.40. The quantitative estimate of drug-likeness (QED) is 0.865. The Hall–Kier alpha value is -2.54. The molecule has 27 heavy (non-hydrogen) atoms. The van der Waals surface area contributed by atoms with Gasteiger partial charge in [0.05, 0.1) is 5.56 Å². The second kappa shape index (κ2) is 8.00. The smallest absolute Gasteiger partial charge is 0.416 e. The highest BCUT2D eigenvalue weighted by atomic mass is 19.4. The summed E-state index contributed by atoms with van der Waals surface area (Å²) in [5.74, 6) is -1.01. The van der Waals surface area contributed by atoms with Crippen LogP contribution in [0.3, 0.4) is 0 Å². The molecule has 2 aromatic rings. The minimum atomic E-state index is -4.43. The lowest BCUT2D eigenvalue weighted by Crippen LogP contribution is -2.53. The molecule has 0 aliphatic carbocycles. The van der Waals surface area contributed by atoms with Crippen LogP contribution >= 0.6 is 0 Å². The first-order valence-electron chi connectivity index (χ1n) is 8.77. The monoisotopic (exact) mass is 378 g/mol.